The van der Waals surface area contributed by atoms with Crippen LogP contribution in [0.2, 0.25) is 0 Å². The molecule has 4 nitrogen and oxygen atoms in total. The minimum absolute atomic E-state index is 0.529. The second kappa shape index (κ2) is 5.36. The summed E-state index contributed by atoms with van der Waals surface area (Å²) >= 11 is 0. The zero-order valence-corrected chi connectivity index (χ0v) is 11.2. The van der Waals surface area contributed by atoms with E-state index < -0.39 is 0 Å². The number of hydrogen-bond acceptors (Lipinski definition) is 4. The van der Waals surface area contributed by atoms with Gasteiger partial charge < -0.3 is 9.64 Å². The smallest absolute Gasteiger partial charge is 0.147 e. The zero-order valence-electron chi connectivity index (χ0n) is 11.2. The van der Waals surface area contributed by atoms with Crippen LogP contribution in [0.25, 0.3) is 0 Å². The van der Waals surface area contributed by atoms with Crippen molar-refractivity contribution in [2.45, 2.75) is 32.7 Å². The van der Waals surface area contributed by atoms with Crippen LogP contribution in [0.5, 0.6) is 0 Å². The van der Waals surface area contributed by atoms with Crippen molar-refractivity contribution in [3.63, 3.8) is 0 Å². The van der Waals surface area contributed by atoms with Gasteiger partial charge in [0.25, 0.3) is 0 Å². The molecular weight excluding hydrogens is 226 g/mol. The average Bonchev–Trinajstić information content (AvgIpc) is 3.13. The molecule has 18 heavy (non-hydrogen) atoms. The zero-order chi connectivity index (χ0) is 13.1. The lowest BCUT2D eigenvalue weighted by Crippen LogP contribution is -2.31. The molecule has 2 rings (SSSR count). The van der Waals surface area contributed by atoms with Crippen molar-refractivity contribution in [1.82, 2.24) is 4.98 Å². The van der Waals surface area contributed by atoms with Crippen LogP contribution in [-0.2, 0) is 4.74 Å². The fourth-order valence-electron chi connectivity index (χ4n) is 2.20. The first kappa shape index (κ1) is 12.8. The monoisotopic (exact) mass is 245 g/mol. The number of nitrogens with zero attached hydrogens (tertiary/aromatic N) is 3. The van der Waals surface area contributed by atoms with Gasteiger partial charge in [-0.15, -0.1) is 0 Å². The number of aromatic nitrogens is 1. The van der Waals surface area contributed by atoms with E-state index in [2.05, 4.69) is 16.0 Å². The number of ether oxygens (including phenoxy) is 1. The minimum Gasteiger partial charge on any atom is -0.383 e. The van der Waals surface area contributed by atoms with E-state index in [1.807, 2.05) is 19.9 Å². The molecule has 0 radical (unpaired) electrons. The number of hydrogen-bond donors (Lipinski definition) is 0. The second-order valence-electron chi connectivity index (χ2n) is 4.81. The minimum atomic E-state index is 0.529. The van der Waals surface area contributed by atoms with Crippen molar-refractivity contribution in [3.8, 4) is 6.07 Å². The van der Waals surface area contributed by atoms with E-state index in [1.165, 1.54) is 12.8 Å². The lowest BCUT2D eigenvalue weighted by molar-refractivity contribution is 0.204. The Labute approximate surface area is 108 Å². The Hall–Kier alpha value is -1.60. The highest BCUT2D eigenvalue weighted by molar-refractivity contribution is 5.59. The van der Waals surface area contributed by atoms with Gasteiger partial charge in [0.05, 0.1) is 12.2 Å². The quantitative estimate of drug-likeness (QED) is 0.798. The Morgan fingerprint density at radius 1 is 1.50 bits per heavy atom. The maximum absolute atomic E-state index is 9.32. The number of nitriles is 1. The normalized spacial score (nSPS) is 14.3. The lowest BCUT2D eigenvalue weighted by atomic mass is 10.1. The van der Waals surface area contributed by atoms with Crippen molar-refractivity contribution in [3.05, 3.63) is 22.9 Å². The van der Waals surface area contributed by atoms with E-state index in [1.54, 1.807) is 7.11 Å². The number of pyridine rings is 1. The summed E-state index contributed by atoms with van der Waals surface area (Å²) in [6.07, 6.45) is 2.37. The summed E-state index contributed by atoms with van der Waals surface area (Å²) < 4.78 is 5.15. The van der Waals surface area contributed by atoms with Crippen LogP contribution in [0.15, 0.2) is 6.07 Å². The van der Waals surface area contributed by atoms with Gasteiger partial charge in [-0.25, -0.2) is 4.98 Å². The standard InChI is InChI=1S/C14H19N3O/c1-10-8-11(2)16-14(13(10)9-15)17(6-7-18-3)12-4-5-12/h8,12H,4-7H2,1-3H3. The summed E-state index contributed by atoms with van der Waals surface area (Å²) in [5.41, 5.74) is 2.66. The highest BCUT2D eigenvalue weighted by atomic mass is 16.5. The van der Waals surface area contributed by atoms with Gasteiger partial charge in [-0.1, -0.05) is 0 Å². The van der Waals surface area contributed by atoms with Crippen molar-refractivity contribution in [2.75, 3.05) is 25.2 Å². The maximum atomic E-state index is 9.32. The van der Waals surface area contributed by atoms with Gasteiger partial charge in [-0.2, -0.15) is 5.26 Å². The van der Waals surface area contributed by atoms with Crippen LogP contribution < -0.4 is 4.90 Å². The Morgan fingerprint density at radius 2 is 2.22 bits per heavy atom. The van der Waals surface area contributed by atoms with Gasteiger partial charge in [0.2, 0.25) is 0 Å². The molecule has 0 aliphatic heterocycles. The fraction of sp³-hybridized carbons (Fsp3) is 0.571. The van der Waals surface area contributed by atoms with Crippen molar-refractivity contribution in [2.24, 2.45) is 0 Å². The van der Waals surface area contributed by atoms with Gasteiger partial charge in [0.1, 0.15) is 11.9 Å². The summed E-state index contributed by atoms with van der Waals surface area (Å²) in [6.45, 7) is 5.40. The molecule has 0 aromatic carbocycles. The summed E-state index contributed by atoms with van der Waals surface area (Å²) in [7, 11) is 1.70. The lowest BCUT2D eigenvalue weighted by Gasteiger charge is -2.25. The van der Waals surface area contributed by atoms with E-state index in [9.17, 15) is 5.26 Å². The predicted molar refractivity (Wildman–Crippen MR) is 70.7 cm³/mol. The number of rotatable bonds is 5. The molecule has 0 saturated heterocycles. The van der Waals surface area contributed by atoms with Crippen LogP contribution in [0.1, 0.15) is 29.7 Å². The van der Waals surface area contributed by atoms with E-state index in [0.29, 0.717) is 18.2 Å². The van der Waals surface area contributed by atoms with Crippen LogP contribution in [0.4, 0.5) is 5.82 Å². The largest absolute Gasteiger partial charge is 0.383 e. The Balaban J connectivity index is 2.37. The van der Waals surface area contributed by atoms with Crippen LogP contribution in [0.3, 0.4) is 0 Å². The third-order valence-corrected chi connectivity index (χ3v) is 3.23. The first-order valence-electron chi connectivity index (χ1n) is 6.31. The van der Waals surface area contributed by atoms with Gasteiger partial charge >= 0.3 is 0 Å². The highest BCUT2D eigenvalue weighted by Gasteiger charge is 2.31. The topological polar surface area (TPSA) is 49.1 Å². The number of anilines is 1. The summed E-state index contributed by atoms with van der Waals surface area (Å²) in [6, 6.07) is 4.78. The van der Waals surface area contributed by atoms with Crippen molar-refractivity contribution < 1.29 is 4.74 Å². The molecule has 0 amide bonds. The van der Waals surface area contributed by atoms with Crippen LogP contribution in [-0.4, -0.2) is 31.3 Å². The Morgan fingerprint density at radius 3 is 2.78 bits per heavy atom. The molecule has 0 spiro atoms. The molecule has 1 heterocycles. The van der Waals surface area contributed by atoms with Gasteiger partial charge in [0.15, 0.2) is 0 Å². The van der Waals surface area contributed by atoms with Crippen LogP contribution in [0, 0.1) is 25.2 Å². The second-order valence-corrected chi connectivity index (χ2v) is 4.81. The Bertz CT molecular complexity index is 475. The summed E-state index contributed by atoms with van der Waals surface area (Å²) in [5.74, 6) is 0.828. The summed E-state index contributed by atoms with van der Waals surface area (Å²) in [5, 5.41) is 9.32. The molecule has 4 heteroatoms. The first-order chi connectivity index (χ1) is 8.67. The maximum Gasteiger partial charge on any atom is 0.147 e. The first-order valence-corrected chi connectivity index (χ1v) is 6.31. The molecule has 0 atom stereocenters. The van der Waals surface area contributed by atoms with Gasteiger partial charge in [0, 0.05) is 25.4 Å². The molecule has 1 fully saturated rings. The molecule has 1 aliphatic carbocycles. The van der Waals surface area contributed by atoms with E-state index >= 15 is 0 Å². The fourth-order valence-corrected chi connectivity index (χ4v) is 2.20. The molecule has 1 aromatic rings. The molecule has 1 aliphatic rings. The molecule has 0 unspecified atom stereocenters. The molecule has 0 N–H and O–H groups in total. The SMILES string of the molecule is COCCN(c1nc(C)cc(C)c1C#N)C1CC1. The van der Waals surface area contributed by atoms with E-state index in [4.69, 9.17) is 4.74 Å². The van der Waals surface area contributed by atoms with Gasteiger partial charge in [-0.05, 0) is 38.3 Å². The Kier molecular flexibility index (Phi) is 3.83. The van der Waals surface area contributed by atoms with Crippen molar-refractivity contribution >= 4 is 5.82 Å². The average molecular weight is 245 g/mol. The third-order valence-electron chi connectivity index (χ3n) is 3.23. The molecular formula is C14H19N3O. The highest BCUT2D eigenvalue weighted by Crippen LogP contribution is 2.33. The molecule has 1 saturated carbocycles. The molecule has 96 valence electrons. The molecule has 0 bridgehead atoms. The van der Waals surface area contributed by atoms with E-state index in [0.717, 1.165) is 23.6 Å². The predicted octanol–water partition coefficient (Wildman–Crippen LogP) is 2.19. The van der Waals surface area contributed by atoms with Crippen molar-refractivity contribution in [1.29, 1.82) is 5.26 Å². The molecule has 1 aromatic heterocycles. The third kappa shape index (κ3) is 2.62. The summed E-state index contributed by atoms with van der Waals surface area (Å²) in [4.78, 5) is 6.79. The van der Waals surface area contributed by atoms with E-state index in [-0.39, 0.29) is 0 Å². The number of aryl methyl sites for hydroxylation is 2. The van der Waals surface area contributed by atoms with Gasteiger partial charge in [-0.3, -0.25) is 0 Å². The van der Waals surface area contributed by atoms with Crippen LogP contribution >= 0.6 is 0 Å². The number of methoxy groups -OCH3 is 1.